The molecule has 1 heterocycles. The average molecular weight is 277 g/mol. The minimum atomic E-state index is -1.11. The molecule has 0 radical (unpaired) electrons. The third-order valence-electron chi connectivity index (χ3n) is 2.06. The number of hydrogen-bond acceptors (Lipinski definition) is 3. The van der Waals surface area contributed by atoms with Gasteiger partial charge in [-0.1, -0.05) is 23.4 Å². The molecule has 0 unspecified atom stereocenters. The van der Waals surface area contributed by atoms with Gasteiger partial charge in [0.25, 0.3) is 5.91 Å². The first-order valence-electron chi connectivity index (χ1n) is 4.71. The molecule has 7 heteroatoms. The summed E-state index contributed by atoms with van der Waals surface area (Å²) in [5.74, 6) is -2.00. The van der Waals surface area contributed by atoms with Crippen LogP contribution in [0.15, 0.2) is 17.1 Å². The van der Waals surface area contributed by atoms with Crippen molar-refractivity contribution >= 4 is 34.4 Å². The Hall–Kier alpha value is -1.14. The number of nitrogens with one attached hydrogen (secondary N) is 1. The quantitative estimate of drug-likeness (QED) is 0.801. The van der Waals surface area contributed by atoms with Crippen LogP contribution < -0.4 is 5.32 Å². The highest BCUT2D eigenvalue weighted by Gasteiger charge is 2.17. The predicted octanol–water partition coefficient (Wildman–Crippen LogP) is 2.45. The van der Waals surface area contributed by atoms with Gasteiger partial charge in [0.2, 0.25) is 0 Å². The molecular formula is C10H7ClF2N2OS. The number of rotatable bonds is 1. The number of carbonyl (C=O) groups is 1. The summed E-state index contributed by atoms with van der Waals surface area (Å²) in [6, 6.07) is 1.54. The van der Waals surface area contributed by atoms with E-state index in [-0.39, 0.29) is 10.6 Å². The highest BCUT2D eigenvalue weighted by molar-refractivity contribution is 8.14. The van der Waals surface area contributed by atoms with Crippen LogP contribution in [0, 0.1) is 11.6 Å². The van der Waals surface area contributed by atoms with Gasteiger partial charge in [-0.15, -0.1) is 0 Å². The summed E-state index contributed by atoms with van der Waals surface area (Å²) in [6.45, 7) is 0.631. The lowest BCUT2D eigenvalue weighted by molar-refractivity contribution is 0.0977. The van der Waals surface area contributed by atoms with Gasteiger partial charge in [0, 0.05) is 5.75 Å². The number of thioether (sulfide) groups is 1. The molecule has 0 spiro atoms. The van der Waals surface area contributed by atoms with Crippen LogP contribution in [0.3, 0.4) is 0 Å². The van der Waals surface area contributed by atoms with Crippen molar-refractivity contribution in [1.29, 1.82) is 0 Å². The van der Waals surface area contributed by atoms with E-state index >= 15 is 0 Å². The maximum atomic E-state index is 13.0. The molecule has 0 saturated heterocycles. The predicted molar refractivity (Wildman–Crippen MR) is 63.6 cm³/mol. The fraction of sp³-hybridized carbons (Fsp3) is 0.200. The molecule has 0 aromatic heterocycles. The van der Waals surface area contributed by atoms with Gasteiger partial charge >= 0.3 is 0 Å². The summed E-state index contributed by atoms with van der Waals surface area (Å²) in [4.78, 5) is 15.7. The molecular weight excluding hydrogens is 270 g/mol. The Balaban J connectivity index is 2.21. The van der Waals surface area contributed by atoms with Gasteiger partial charge in [0.1, 0.15) is 0 Å². The monoisotopic (exact) mass is 276 g/mol. The number of carbonyl (C=O) groups excluding carboxylic acids is 1. The lowest BCUT2D eigenvalue weighted by atomic mass is 10.2. The molecule has 2 rings (SSSR count). The Morgan fingerprint density at radius 2 is 2.12 bits per heavy atom. The number of amides is 1. The van der Waals surface area contributed by atoms with Crippen LogP contribution in [0.2, 0.25) is 5.02 Å². The van der Waals surface area contributed by atoms with Crippen LogP contribution in [-0.2, 0) is 0 Å². The average Bonchev–Trinajstić information content (AvgIpc) is 2.76. The smallest absolute Gasteiger partial charge is 0.258 e. The standard InChI is InChI=1S/C10H7ClF2N2OS/c11-6-4-8(13)7(12)3-5(6)9(16)15-10-14-1-2-17-10/h3-4H,1-2H2,(H,14,15,16). The number of halogens is 3. The van der Waals surface area contributed by atoms with E-state index in [0.717, 1.165) is 17.9 Å². The minimum absolute atomic E-state index is 0.110. The first-order valence-corrected chi connectivity index (χ1v) is 6.07. The number of aliphatic imine (C=N–C) groups is 1. The molecule has 1 aromatic carbocycles. The van der Waals surface area contributed by atoms with Crippen LogP contribution >= 0.6 is 23.4 Å². The van der Waals surface area contributed by atoms with Crippen molar-refractivity contribution < 1.29 is 13.6 Å². The normalized spacial score (nSPS) is 14.6. The number of benzene rings is 1. The summed E-state index contributed by atoms with van der Waals surface area (Å²) in [6.07, 6.45) is 0. The van der Waals surface area contributed by atoms with E-state index in [1.54, 1.807) is 0 Å². The molecule has 0 saturated carbocycles. The zero-order valence-corrected chi connectivity index (χ0v) is 10.0. The van der Waals surface area contributed by atoms with E-state index in [9.17, 15) is 13.6 Å². The van der Waals surface area contributed by atoms with Crippen LogP contribution in [-0.4, -0.2) is 23.4 Å². The fourth-order valence-corrected chi connectivity index (χ4v) is 2.23. The molecule has 1 aromatic rings. The molecule has 1 N–H and O–H groups in total. The molecule has 0 bridgehead atoms. The lowest BCUT2D eigenvalue weighted by Gasteiger charge is -2.06. The summed E-state index contributed by atoms with van der Waals surface area (Å²) in [5, 5.41) is 2.82. The second-order valence-electron chi connectivity index (χ2n) is 3.24. The van der Waals surface area contributed by atoms with E-state index in [0.29, 0.717) is 11.7 Å². The van der Waals surface area contributed by atoms with Crippen molar-refractivity contribution in [2.75, 3.05) is 12.3 Å². The Labute approximate surface area is 105 Å². The molecule has 0 fully saturated rings. The molecule has 1 aliphatic rings. The van der Waals surface area contributed by atoms with E-state index in [1.807, 2.05) is 0 Å². The third-order valence-corrected chi connectivity index (χ3v) is 3.26. The van der Waals surface area contributed by atoms with Crippen molar-refractivity contribution in [2.45, 2.75) is 0 Å². The van der Waals surface area contributed by atoms with E-state index < -0.39 is 17.5 Å². The zero-order valence-electron chi connectivity index (χ0n) is 8.47. The van der Waals surface area contributed by atoms with Gasteiger partial charge < -0.3 is 5.32 Å². The minimum Gasteiger partial charge on any atom is -0.301 e. The molecule has 17 heavy (non-hydrogen) atoms. The van der Waals surface area contributed by atoms with Crippen LogP contribution in [0.4, 0.5) is 8.78 Å². The summed E-state index contributed by atoms with van der Waals surface area (Å²) in [5.41, 5.74) is -0.110. The Morgan fingerprint density at radius 1 is 1.41 bits per heavy atom. The van der Waals surface area contributed by atoms with Crippen molar-refractivity contribution in [3.05, 3.63) is 34.4 Å². The van der Waals surface area contributed by atoms with Crippen molar-refractivity contribution in [1.82, 2.24) is 5.32 Å². The number of nitrogens with zero attached hydrogens (tertiary/aromatic N) is 1. The number of amidine groups is 1. The molecule has 1 aliphatic heterocycles. The first kappa shape index (κ1) is 12.3. The van der Waals surface area contributed by atoms with Gasteiger partial charge in [-0.3, -0.25) is 9.79 Å². The maximum absolute atomic E-state index is 13.0. The van der Waals surface area contributed by atoms with Gasteiger partial charge in [-0.2, -0.15) is 0 Å². The molecule has 1 amide bonds. The largest absolute Gasteiger partial charge is 0.301 e. The van der Waals surface area contributed by atoms with Crippen LogP contribution in [0.25, 0.3) is 0 Å². The Bertz CT molecular complexity index is 507. The van der Waals surface area contributed by atoms with Crippen molar-refractivity contribution in [2.24, 2.45) is 4.99 Å². The second-order valence-corrected chi connectivity index (χ2v) is 4.73. The van der Waals surface area contributed by atoms with E-state index in [4.69, 9.17) is 11.6 Å². The summed E-state index contributed by atoms with van der Waals surface area (Å²) >= 11 is 7.05. The first-order chi connectivity index (χ1) is 8.08. The highest BCUT2D eigenvalue weighted by atomic mass is 35.5. The summed E-state index contributed by atoms with van der Waals surface area (Å²) in [7, 11) is 0. The Morgan fingerprint density at radius 3 is 2.76 bits per heavy atom. The van der Waals surface area contributed by atoms with Gasteiger partial charge in [0.15, 0.2) is 16.8 Å². The number of hydrogen-bond donors (Lipinski definition) is 1. The molecule has 0 aliphatic carbocycles. The lowest BCUT2D eigenvalue weighted by Crippen LogP contribution is -2.27. The Kier molecular flexibility index (Phi) is 3.63. The SMILES string of the molecule is O=C(NC1=NCCS1)c1cc(F)c(F)cc1Cl. The van der Waals surface area contributed by atoms with Gasteiger partial charge in [-0.05, 0) is 12.1 Å². The molecule has 0 atom stereocenters. The fourth-order valence-electron chi connectivity index (χ4n) is 1.27. The highest BCUT2D eigenvalue weighted by Crippen LogP contribution is 2.20. The second kappa shape index (κ2) is 5.01. The van der Waals surface area contributed by atoms with Crippen LogP contribution in [0.1, 0.15) is 10.4 Å². The van der Waals surface area contributed by atoms with Crippen molar-refractivity contribution in [3.8, 4) is 0 Å². The topological polar surface area (TPSA) is 41.5 Å². The molecule has 90 valence electrons. The third kappa shape index (κ3) is 2.76. The summed E-state index contributed by atoms with van der Waals surface area (Å²) < 4.78 is 25.8. The molecule has 3 nitrogen and oxygen atoms in total. The van der Waals surface area contributed by atoms with Gasteiger partial charge in [0.05, 0.1) is 17.1 Å². The van der Waals surface area contributed by atoms with E-state index in [2.05, 4.69) is 10.3 Å². The van der Waals surface area contributed by atoms with Crippen LogP contribution in [0.5, 0.6) is 0 Å². The van der Waals surface area contributed by atoms with E-state index in [1.165, 1.54) is 11.8 Å². The van der Waals surface area contributed by atoms with Gasteiger partial charge in [-0.25, -0.2) is 8.78 Å². The zero-order chi connectivity index (χ0) is 12.4. The maximum Gasteiger partial charge on any atom is 0.258 e. The van der Waals surface area contributed by atoms with Crippen molar-refractivity contribution in [3.63, 3.8) is 0 Å².